The molecular weight excluding hydrogens is 557 g/mol. The number of aliphatic hydroxyl groups is 1. The molecule has 12 heteroatoms. The topological polar surface area (TPSA) is 111 Å². The van der Waals surface area contributed by atoms with Gasteiger partial charge >= 0.3 is 6.18 Å². The van der Waals surface area contributed by atoms with Crippen molar-refractivity contribution in [1.29, 1.82) is 0 Å². The molecule has 1 aliphatic heterocycles. The zero-order valence-electron chi connectivity index (χ0n) is 22.5. The van der Waals surface area contributed by atoms with Crippen molar-refractivity contribution >= 4 is 27.3 Å². The first kappa shape index (κ1) is 30.4. The lowest BCUT2D eigenvalue weighted by Crippen LogP contribution is -2.48. The number of hydrogen-bond acceptors (Lipinski definition) is 6. The number of benzene rings is 3. The van der Waals surface area contributed by atoms with Gasteiger partial charge in [0.2, 0.25) is 10.0 Å². The molecule has 0 bridgehead atoms. The summed E-state index contributed by atoms with van der Waals surface area (Å²) in [5.41, 5.74) is 1.67. The van der Waals surface area contributed by atoms with Gasteiger partial charge in [-0.2, -0.15) is 13.2 Å². The summed E-state index contributed by atoms with van der Waals surface area (Å²) in [6.07, 6.45) is -4.76. The maximum absolute atomic E-state index is 13.4. The zero-order chi connectivity index (χ0) is 29.6. The zero-order valence-corrected chi connectivity index (χ0v) is 23.3. The van der Waals surface area contributed by atoms with Crippen LogP contribution in [-0.2, 0) is 29.2 Å². The molecule has 3 aromatic carbocycles. The van der Waals surface area contributed by atoms with Crippen LogP contribution in [0.5, 0.6) is 0 Å². The van der Waals surface area contributed by atoms with Crippen LogP contribution in [0.4, 0.5) is 24.5 Å². The Morgan fingerprint density at radius 3 is 2.41 bits per heavy atom. The minimum Gasteiger partial charge on any atom is -0.390 e. The summed E-state index contributed by atoms with van der Waals surface area (Å²) >= 11 is 0. The van der Waals surface area contributed by atoms with Crippen molar-refractivity contribution < 1.29 is 31.5 Å². The molecule has 0 saturated carbocycles. The Balaban J connectivity index is 1.50. The highest BCUT2D eigenvalue weighted by Gasteiger charge is 2.31. The van der Waals surface area contributed by atoms with Crippen molar-refractivity contribution in [3.63, 3.8) is 0 Å². The first-order valence-electron chi connectivity index (χ1n) is 13.2. The van der Waals surface area contributed by atoms with Gasteiger partial charge in [0.25, 0.3) is 5.91 Å². The number of hydrogen-bond donors (Lipinski definition) is 4. The van der Waals surface area contributed by atoms with Crippen LogP contribution in [0.1, 0.15) is 33.5 Å². The monoisotopic (exact) mass is 590 g/mol. The molecule has 2 unspecified atom stereocenters. The van der Waals surface area contributed by atoms with Crippen LogP contribution >= 0.6 is 0 Å². The van der Waals surface area contributed by atoms with Gasteiger partial charge in [-0.25, -0.2) is 8.42 Å². The number of rotatable bonds is 11. The van der Waals surface area contributed by atoms with Gasteiger partial charge in [0.05, 0.1) is 29.1 Å². The van der Waals surface area contributed by atoms with Crippen molar-refractivity contribution in [2.24, 2.45) is 0 Å². The van der Waals surface area contributed by atoms with Gasteiger partial charge in [-0.05, 0) is 48.2 Å². The number of nitrogens with one attached hydrogen (secondary N) is 3. The molecule has 220 valence electrons. The lowest BCUT2D eigenvalue weighted by molar-refractivity contribution is -0.137. The van der Waals surface area contributed by atoms with Crippen molar-refractivity contribution in [1.82, 2.24) is 10.6 Å². The van der Waals surface area contributed by atoms with E-state index in [2.05, 4.69) is 16.0 Å². The molecule has 0 aliphatic carbocycles. The van der Waals surface area contributed by atoms with Crippen LogP contribution in [0.2, 0.25) is 0 Å². The van der Waals surface area contributed by atoms with Crippen molar-refractivity contribution in [2.75, 3.05) is 35.5 Å². The molecule has 4 rings (SSSR count). The van der Waals surface area contributed by atoms with E-state index in [1.807, 2.05) is 30.3 Å². The highest BCUT2D eigenvalue weighted by atomic mass is 32.2. The number of anilines is 2. The Bertz CT molecular complexity index is 1450. The number of carbonyl (C=O) groups excluding carboxylic acids is 1. The summed E-state index contributed by atoms with van der Waals surface area (Å²) in [5.74, 6) is -0.463. The lowest BCUT2D eigenvalue weighted by Gasteiger charge is -2.25. The largest absolute Gasteiger partial charge is 0.416 e. The first-order valence-corrected chi connectivity index (χ1v) is 14.8. The summed E-state index contributed by atoms with van der Waals surface area (Å²) in [7, 11) is -1.80. The highest BCUT2D eigenvalue weighted by Crippen LogP contribution is 2.30. The predicted octanol–water partition coefficient (Wildman–Crippen LogP) is 3.78. The smallest absolute Gasteiger partial charge is 0.390 e. The molecular formula is C29H33F3N4O4S. The normalized spacial score (nSPS) is 16.3. The van der Waals surface area contributed by atoms with E-state index < -0.39 is 39.8 Å². The molecule has 1 aliphatic rings. The summed E-state index contributed by atoms with van der Waals surface area (Å²) in [6.45, 7) is 0.413. The maximum atomic E-state index is 13.4. The Hall–Kier alpha value is -3.61. The van der Waals surface area contributed by atoms with E-state index >= 15 is 0 Å². The second-order valence-electron chi connectivity index (χ2n) is 9.93. The molecule has 0 aromatic heterocycles. The molecule has 1 fully saturated rings. The van der Waals surface area contributed by atoms with E-state index in [1.165, 1.54) is 16.4 Å². The molecule has 3 aromatic rings. The van der Waals surface area contributed by atoms with Gasteiger partial charge in [0, 0.05) is 37.9 Å². The Labute approximate surface area is 237 Å². The quantitative estimate of drug-likeness (QED) is 0.271. The fraction of sp³-hybridized carbons (Fsp3) is 0.345. The predicted molar refractivity (Wildman–Crippen MR) is 152 cm³/mol. The van der Waals surface area contributed by atoms with Gasteiger partial charge in [-0.1, -0.05) is 48.5 Å². The number of carbonyl (C=O) groups is 1. The molecule has 4 N–H and O–H groups in total. The average Bonchev–Trinajstić information content (AvgIpc) is 3.31. The highest BCUT2D eigenvalue weighted by molar-refractivity contribution is 7.93. The summed E-state index contributed by atoms with van der Waals surface area (Å²) in [6, 6.07) is 18.2. The van der Waals surface area contributed by atoms with Crippen LogP contribution < -0.4 is 20.3 Å². The third kappa shape index (κ3) is 7.99. The van der Waals surface area contributed by atoms with Gasteiger partial charge in [-0.15, -0.1) is 0 Å². The average molecular weight is 591 g/mol. The fourth-order valence-corrected chi connectivity index (χ4v) is 6.28. The molecule has 0 spiro atoms. The number of amides is 1. The Morgan fingerprint density at radius 1 is 1.02 bits per heavy atom. The van der Waals surface area contributed by atoms with E-state index in [-0.39, 0.29) is 30.8 Å². The van der Waals surface area contributed by atoms with E-state index in [4.69, 9.17) is 0 Å². The molecule has 2 atom stereocenters. The third-order valence-corrected chi connectivity index (χ3v) is 8.74. The summed E-state index contributed by atoms with van der Waals surface area (Å²) in [4.78, 5) is 13.4. The van der Waals surface area contributed by atoms with Crippen LogP contribution in [0.3, 0.4) is 0 Å². The van der Waals surface area contributed by atoms with E-state index in [1.54, 1.807) is 25.2 Å². The standard InChI is InChI=1S/C29H33F3N4O4S/c1-33-24-15-22(16-25(17-24)36-11-6-12-41(36,39)40)28(38)35-26(14-20-7-3-2-4-8-20)27(37)19-34-18-21-9-5-10-23(13-21)29(30,31)32/h2-5,7-10,13,15-17,26-27,33-34,37H,6,11-12,14,18-19H2,1H3,(H,35,38). The minimum atomic E-state index is -4.45. The minimum absolute atomic E-state index is 0.00184. The second-order valence-corrected chi connectivity index (χ2v) is 11.9. The number of aliphatic hydroxyl groups excluding tert-OH is 1. The Kier molecular flexibility index (Phi) is 9.57. The van der Waals surface area contributed by atoms with Crippen molar-refractivity contribution in [2.45, 2.75) is 37.7 Å². The third-order valence-electron chi connectivity index (χ3n) is 6.87. The van der Waals surface area contributed by atoms with Crippen LogP contribution in [-0.4, -0.2) is 57.5 Å². The number of sulfonamides is 1. The molecule has 1 heterocycles. The number of alkyl halides is 3. The van der Waals surface area contributed by atoms with E-state index in [0.717, 1.165) is 17.7 Å². The summed E-state index contributed by atoms with van der Waals surface area (Å²) in [5, 5.41) is 19.9. The van der Waals surface area contributed by atoms with E-state index in [0.29, 0.717) is 29.9 Å². The first-order chi connectivity index (χ1) is 19.5. The fourth-order valence-electron chi connectivity index (χ4n) is 4.73. The van der Waals surface area contributed by atoms with E-state index in [9.17, 15) is 31.5 Å². The molecule has 41 heavy (non-hydrogen) atoms. The number of nitrogens with zero attached hydrogens (tertiary/aromatic N) is 1. The molecule has 1 amide bonds. The van der Waals surface area contributed by atoms with Crippen molar-refractivity contribution in [3.8, 4) is 0 Å². The van der Waals surface area contributed by atoms with Gasteiger partial charge < -0.3 is 21.1 Å². The Morgan fingerprint density at radius 2 is 1.76 bits per heavy atom. The van der Waals surface area contributed by atoms with Gasteiger partial charge in [0.1, 0.15) is 0 Å². The van der Waals surface area contributed by atoms with Crippen LogP contribution in [0.25, 0.3) is 0 Å². The van der Waals surface area contributed by atoms with Crippen molar-refractivity contribution in [3.05, 3.63) is 95.1 Å². The lowest BCUT2D eigenvalue weighted by atomic mass is 10.00. The SMILES string of the molecule is CNc1cc(C(=O)NC(Cc2ccccc2)C(O)CNCc2cccc(C(F)(F)F)c2)cc(N2CCCS2(=O)=O)c1. The van der Waals surface area contributed by atoms with Crippen LogP contribution in [0, 0.1) is 0 Å². The molecule has 1 saturated heterocycles. The summed E-state index contributed by atoms with van der Waals surface area (Å²) < 4.78 is 65.4. The second kappa shape index (κ2) is 12.9. The number of halogens is 3. The molecule has 0 radical (unpaired) electrons. The molecule has 8 nitrogen and oxygen atoms in total. The maximum Gasteiger partial charge on any atom is 0.416 e. The van der Waals surface area contributed by atoms with Gasteiger partial charge in [0.15, 0.2) is 0 Å². The van der Waals surface area contributed by atoms with Crippen LogP contribution in [0.15, 0.2) is 72.8 Å². The van der Waals surface area contributed by atoms with Gasteiger partial charge in [-0.3, -0.25) is 9.10 Å².